The summed E-state index contributed by atoms with van der Waals surface area (Å²) in [5.41, 5.74) is 0.611. The number of amides is 1. The third-order valence-electron chi connectivity index (χ3n) is 4.70. The lowest BCUT2D eigenvalue weighted by Crippen LogP contribution is -2.45. The van der Waals surface area contributed by atoms with E-state index in [0.29, 0.717) is 17.2 Å². The maximum Gasteiger partial charge on any atom is 0.235 e. The molecule has 0 saturated carbocycles. The zero-order valence-corrected chi connectivity index (χ0v) is 16.5. The molecule has 0 aromatic heterocycles. The van der Waals surface area contributed by atoms with Gasteiger partial charge in [-0.1, -0.05) is 12.1 Å². The number of ether oxygens (including phenoxy) is 5. The maximum atomic E-state index is 12.9. The lowest BCUT2D eigenvalue weighted by molar-refractivity contribution is -0.226. The van der Waals surface area contributed by atoms with Crippen LogP contribution in [0.3, 0.4) is 0 Å². The first-order chi connectivity index (χ1) is 13.5. The minimum atomic E-state index is -0.825. The van der Waals surface area contributed by atoms with Crippen molar-refractivity contribution in [3.05, 3.63) is 48.0 Å². The van der Waals surface area contributed by atoms with Crippen molar-refractivity contribution in [1.82, 2.24) is 0 Å². The molecule has 0 spiro atoms. The van der Waals surface area contributed by atoms with Crippen LogP contribution in [-0.4, -0.2) is 40.5 Å². The Balaban J connectivity index is 1.65. The maximum absolute atomic E-state index is 12.9. The van der Waals surface area contributed by atoms with E-state index in [1.807, 2.05) is 31.2 Å². The molecule has 0 aliphatic carbocycles. The van der Waals surface area contributed by atoms with Crippen LogP contribution in [0.2, 0.25) is 0 Å². The Bertz CT molecular complexity index is 812. The summed E-state index contributed by atoms with van der Waals surface area (Å²) in [7, 11) is 4.73. The lowest BCUT2D eigenvalue weighted by Gasteiger charge is -2.36. The van der Waals surface area contributed by atoms with Crippen LogP contribution in [0.4, 0.5) is 5.69 Å². The van der Waals surface area contributed by atoms with Crippen LogP contribution >= 0.6 is 0 Å². The van der Waals surface area contributed by atoms with E-state index >= 15 is 0 Å². The predicted molar refractivity (Wildman–Crippen MR) is 104 cm³/mol. The number of benzene rings is 2. The van der Waals surface area contributed by atoms with Gasteiger partial charge in [0.2, 0.25) is 5.91 Å². The van der Waals surface area contributed by atoms with Crippen molar-refractivity contribution in [1.29, 1.82) is 0 Å². The normalized spacial score (nSPS) is 21.6. The SMILES string of the molecule is COc1ccc(C2OCC(C)(C(=O)Nc3ccc(OC)cc3OC)CO2)cc1. The molecular weight excluding hydrogens is 362 g/mol. The zero-order chi connectivity index (χ0) is 20.1. The Morgan fingerprint density at radius 2 is 1.57 bits per heavy atom. The predicted octanol–water partition coefficient (Wildman–Crippen LogP) is 3.40. The standard InChI is InChI=1S/C21H25NO6/c1-21(20(23)22-17-10-9-16(25-3)11-18(17)26-4)12-27-19(28-13-21)14-5-7-15(24-2)8-6-14/h5-11,19H,12-13H2,1-4H3,(H,22,23). The van der Waals surface area contributed by atoms with Crippen LogP contribution in [0.5, 0.6) is 17.2 Å². The Hall–Kier alpha value is -2.77. The molecular formula is C21H25NO6. The average molecular weight is 387 g/mol. The number of carbonyl (C=O) groups excluding carboxylic acids is 1. The summed E-state index contributed by atoms with van der Waals surface area (Å²) in [6.45, 7) is 2.27. The summed E-state index contributed by atoms with van der Waals surface area (Å²) in [6.07, 6.45) is -0.512. The zero-order valence-electron chi connectivity index (χ0n) is 16.5. The molecule has 7 heteroatoms. The monoisotopic (exact) mass is 387 g/mol. The fourth-order valence-electron chi connectivity index (χ4n) is 2.87. The van der Waals surface area contributed by atoms with Gasteiger partial charge in [0.1, 0.15) is 17.2 Å². The van der Waals surface area contributed by atoms with Crippen LogP contribution < -0.4 is 19.5 Å². The van der Waals surface area contributed by atoms with Crippen LogP contribution in [-0.2, 0) is 14.3 Å². The molecule has 0 radical (unpaired) electrons. The van der Waals surface area contributed by atoms with Gasteiger partial charge in [-0.15, -0.1) is 0 Å². The second-order valence-corrected chi connectivity index (χ2v) is 6.81. The molecule has 1 N–H and O–H groups in total. The van der Waals surface area contributed by atoms with Gasteiger partial charge >= 0.3 is 0 Å². The number of hydrogen-bond acceptors (Lipinski definition) is 6. The topological polar surface area (TPSA) is 75.3 Å². The number of carbonyl (C=O) groups is 1. The molecule has 3 rings (SSSR count). The van der Waals surface area contributed by atoms with Gasteiger partial charge in [0.05, 0.1) is 45.6 Å². The Morgan fingerprint density at radius 3 is 2.14 bits per heavy atom. The van der Waals surface area contributed by atoms with E-state index in [2.05, 4.69) is 5.32 Å². The molecule has 1 heterocycles. The molecule has 28 heavy (non-hydrogen) atoms. The van der Waals surface area contributed by atoms with Crippen molar-refractivity contribution in [2.24, 2.45) is 5.41 Å². The number of hydrogen-bond donors (Lipinski definition) is 1. The van der Waals surface area contributed by atoms with E-state index in [4.69, 9.17) is 23.7 Å². The van der Waals surface area contributed by atoms with Gasteiger partial charge in [0.25, 0.3) is 0 Å². The Morgan fingerprint density at radius 1 is 0.964 bits per heavy atom. The largest absolute Gasteiger partial charge is 0.497 e. The summed E-state index contributed by atoms with van der Waals surface area (Å²) >= 11 is 0. The molecule has 1 saturated heterocycles. The van der Waals surface area contributed by atoms with Crippen molar-refractivity contribution in [3.8, 4) is 17.2 Å². The van der Waals surface area contributed by atoms with Gasteiger partial charge in [0.15, 0.2) is 6.29 Å². The Kier molecular flexibility index (Phi) is 6.06. The van der Waals surface area contributed by atoms with Gasteiger partial charge in [-0.3, -0.25) is 4.79 Å². The first-order valence-corrected chi connectivity index (χ1v) is 8.90. The highest BCUT2D eigenvalue weighted by Crippen LogP contribution is 2.35. The fourth-order valence-corrected chi connectivity index (χ4v) is 2.87. The van der Waals surface area contributed by atoms with E-state index in [1.165, 1.54) is 0 Å². The summed E-state index contributed by atoms with van der Waals surface area (Å²) in [5.74, 6) is 1.72. The van der Waals surface area contributed by atoms with E-state index in [0.717, 1.165) is 11.3 Å². The molecule has 0 unspecified atom stereocenters. The molecule has 7 nitrogen and oxygen atoms in total. The number of methoxy groups -OCH3 is 3. The highest BCUT2D eigenvalue weighted by atomic mass is 16.7. The molecule has 150 valence electrons. The van der Waals surface area contributed by atoms with Gasteiger partial charge in [-0.25, -0.2) is 0 Å². The van der Waals surface area contributed by atoms with Crippen molar-refractivity contribution >= 4 is 11.6 Å². The molecule has 0 bridgehead atoms. The minimum Gasteiger partial charge on any atom is -0.497 e. The highest BCUT2D eigenvalue weighted by molar-refractivity contribution is 5.96. The van der Waals surface area contributed by atoms with E-state index < -0.39 is 11.7 Å². The number of anilines is 1. The van der Waals surface area contributed by atoms with Gasteiger partial charge in [-0.05, 0) is 31.2 Å². The fraction of sp³-hybridized carbons (Fsp3) is 0.381. The minimum absolute atomic E-state index is 0.204. The molecule has 2 aromatic rings. The van der Waals surface area contributed by atoms with Gasteiger partial charge in [-0.2, -0.15) is 0 Å². The quantitative estimate of drug-likeness (QED) is 0.819. The molecule has 0 atom stereocenters. The second kappa shape index (κ2) is 8.50. The van der Waals surface area contributed by atoms with Crippen molar-refractivity contribution in [3.63, 3.8) is 0 Å². The van der Waals surface area contributed by atoms with Crippen LogP contribution in [0, 0.1) is 5.41 Å². The molecule has 1 fully saturated rings. The smallest absolute Gasteiger partial charge is 0.235 e. The van der Waals surface area contributed by atoms with E-state index in [9.17, 15) is 4.79 Å². The summed E-state index contributed by atoms with van der Waals surface area (Å²) < 4.78 is 27.3. The lowest BCUT2D eigenvalue weighted by atomic mass is 9.90. The van der Waals surface area contributed by atoms with Crippen LogP contribution in [0.25, 0.3) is 0 Å². The Labute approximate surface area is 164 Å². The first-order valence-electron chi connectivity index (χ1n) is 8.90. The van der Waals surface area contributed by atoms with Crippen LogP contribution in [0.1, 0.15) is 18.8 Å². The summed E-state index contributed by atoms with van der Waals surface area (Å²) in [5, 5.41) is 2.90. The molecule has 1 amide bonds. The molecule has 1 aliphatic heterocycles. The van der Waals surface area contributed by atoms with Gasteiger partial charge in [0, 0.05) is 11.6 Å². The van der Waals surface area contributed by atoms with Crippen molar-refractivity contribution in [2.75, 3.05) is 39.9 Å². The van der Waals surface area contributed by atoms with Crippen LogP contribution in [0.15, 0.2) is 42.5 Å². The first kappa shape index (κ1) is 20.0. The van der Waals surface area contributed by atoms with Crippen molar-refractivity contribution < 1.29 is 28.5 Å². The number of rotatable bonds is 6. The summed E-state index contributed by atoms with van der Waals surface area (Å²) in [4.78, 5) is 12.9. The molecule has 1 aliphatic rings. The van der Waals surface area contributed by atoms with E-state index in [1.54, 1.807) is 39.5 Å². The van der Waals surface area contributed by atoms with Crippen molar-refractivity contribution in [2.45, 2.75) is 13.2 Å². The van der Waals surface area contributed by atoms with Gasteiger partial charge < -0.3 is 29.0 Å². The summed E-state index contributed by atoms with van der Waals surface area (Å²) in [6, 6.07) is 12.7. The third-order valence-corrected chi connectivity index (χ3v) is 4.70. The average Bonchev–Trinajstić information content (AvgIpc) is 2.74. The van der Waals surface area contributed by atoms with E-state index in [-0.39, 0.29) is 19.1 Å². The third kappa shape index (κ3) is 4.21. The highest BCUT2D eigenvalue weighted by Gasteiger charge is 2.40. The number of nitrogens with one attached hydrogen (secondary N) is 1. The molecule has 2 aromatic carbocycles. The second-order valence-electron chi connectivity index (χ2n) is 6.81.